The fourth-order valence-corrected chi connectivity index (χ4v) is 5.84. The summed E-state index contributed by atoms with van der Waals surface area (Å²) in [5.74, 6) is 5.57. The van der Waals surface area contributed by atoms with Gasteiger partial charge in [0.15, 0.2) is 11.5 Å². The smallest absolute Gasteiger partial charge is 0.274 e. The second-order valence-corrected chi connectivity index (χ2v) is 13.1. The van der Waals surface area contributed by atoms with Crippen molar-refractivity contribution in [3.63, 3.8) is 0 Å². The molecule has 0 bridgehead atoms. The number of pyridine rings is 2. The SMILES string of the molecule is Cc1c(C#Cc2cccc3cc([C@@H](C)NC(=O)c4nc(-c5cncc(NS(C)(=O)=O)c5)cnc4N)n(-c4ccccc4)c(=O)c23)cnn1C. The first-order valence-corrected chi connectivity index (χ1v) is 16.9. The van der Waals surface area contributed by atoms with Crippen LogP contribution >= 0.6 is 0 Å². The van der Waals surface area contributed by atoms with Crippen LogP contribution < -0.4 is 21.3 Å². The minimum atomic E-state index is -3.55. The van der Waals surface area contributed by atoms with Gasteiger partial charge in [-0.15, -0.1) is 0 Å². The highest BCUT2D eigenvalue weighted by Gasteiger charge is 2.22. The number of carbonyl (C=O) groups excluding carboxylic acids is 1. The number of nitrogens with zero attached hydrogens (tertiary/aromatic N) is 6. The third kappa shape index (κ3) is 6.87. The summed E-state index contributed by atoms with van der Waals surface area (Å²) < 4.78 is 29.1. The van der Waals surface area contributed by atoms with Crippen LogP contribution in [0.1, 0.15) is 46.0 Å². The second kappa shape index (κ2) is 13.1. The molecule has 1 amide bonds. The number of anilines is 2. The lowest BCUT2D eigenvalue weighted by molar-refractivity contribution is 0.0934. The number of nitrogens with two attached hydrogens (primary N) is 1. The largest absolute Gasteiger partial charge is 0.382 e. The van der Waals surface area contributed by atoms with Crippen molar-refractivity contribution in [2.45, 2.75) is 19.9 Å². The summed E-state index contributed by atoms with van der Waals surface area (Å²) in [6.45, 7) is 3.68. The van der Waals surface area contributed by atoms with Crippen LogP contribution in [0.2, 0.25) is 0 Å². The Hall–Kier alpha value is -6.33. The van der Waals surface area contributed by atoms with Crippen LogP contribution in [0.4, 0.5) is 11.5 Å². The molecule has 1 atom stereocenters. The predicted molar refractivity (Wildman–Crippen MR) is 187 cm³/mol. The molecule has 2 aromatic carbocycles. The van der Waals surface area contributed by atoms with Gasteiger partial charge in [-0.1, -0.05) is 42.2 Å². The van der Waals surface area contributed by atoms with E-state index in [0.717, 1.165) is 17.5 Å². The quantitative estimate of drug-likeness (QED) is 0.213. The number of nitrogen functional groups attached to an aromatic ring is 1. The van der Waals surface area contributed by atoms with Crippen molar-refractivity contribution in [1.29, 1.82) is 0 Å². The summed E-state index contributed by atoms with van der Waals surface area (Å²) in [6.07, 6.45) is 6.88. The normalized spacial score (nSPS) is 11.8. The lowest BCUT2D eigenvalue weighted by atomic mass is 10.0. The number of hydrogen-bond acceptors (Lipinski definition) is 9. The van der Waals surface area contributed by atoms with Crippen LogP contribution in [0.5, 0.6) is 0 Å². The van der Waals surface area contributed by atoms with Crippen molar-refractivity contribution in [3.8, 4) is 28.8 Å². The molecule has 6 aromatic rings. The Morgan fingerprint density at radius 2 is 1.73 bits per heavy atom. The average Bonchev–Trinajstić information content (AvgIpc) is 3.39. The maximum absolute atomic E-state index is 14.4. The summed E-state index contributed by atoms with van der Waals surface area (Å²) in [7, 11) is -1.71. The first-order chi connectivity index (χ1) is 23.4. The van der Waals surface area contributed by atoms with Gasteiger partial charge in [-0.2, -0.15) is 5.10 Å². The number of para-hydroxylation sites is 1. The Morgan fingerprint density at radius 1 is 0.980 bits per heavy atom. The van der Waals surface area contributed by atoms with E-state index in [-0.39, 0.29) is 28.5 Å². The van der Waals surface area contributed by atoms with E-state index in [9.17, 15) is 18.0 Å². The van der Waals surface area contributed by atoms with Crippen LogP contribution in [-0.4, -0.2) is 49.9 Å². The molecule has 0 aliphatic rings. The zero-order chi connectivity index (χ0) is 34.9. The van der Waals surface area contributed by atoms with Gasteiger partial charge < -0.3 is 11.1 Å². The van der Waals surface area contributed by atoms with Crippen LogP contribution in [0.25, 0.3) is 27.7 Å². The molecule has 4 heterocycles. The van der Waals surface area contributed by atoms with Crippen molar-refractivity contribution >= 4 is 38.2 Å². The number of sulfonamides is 1. The fraction of sp³-hybridized carbons (Fsp3) is 0.143. The van der Waals surface area contributed by atoms with Crippen LogP contribution in [0, 0.1) is 18.8 Å². The van der Waals surface area contributed by atoms with Gasteiger partial charge in [0.1, 0.15) is 0 Å². The van der Waals surface area contributed by atoms with Crippen molar-refractivity contribution in [3.05, 3.63) is 124 Å². The van der Waals surface area contributed by atoms with Crippen LogP contribution in [0.3, 0.4) is 0 Å². The van der Waals surface area contributed by atoms with E-state index in [2.05, 4.69) is 41.9 Å². The monoisotopic (exact) mass is 673 g/mol. The highest BCUT2D eigenvalue weighted by molar-refractivity contribution is 7.92. The third-order valence-electron chi connectivity index (χ3n) is 7.80. The Kier molecular flexibility index (Phi) is 8.68. The number of carbonyl (C=O) groups is 1. The lowest BCUT2D eigenvalue weighted by Crippen LogP contribution is -2.33. The van der Waals surface area contributed by atoms with E-state index in [1.165, 1.54) is 24.7 Å². The number of benzene rings is 2. The zero-order valence-corrected chi connectivity index (χ0v) is 27.8. The highest BCUT2D eigenvalue weighted by Crippen LogP contribution is 2.25. The zero-order valence-electron chi connectivity index (χ0n) is 27.0. The standard InChI is InChI=1S/C35H31N9O4S/c1-21(40-34(45)32-33(36)38-20-29(41-32)26-15-27(19-37-17-26)42-49(4,47)48)30-16-24-10-8-9-23(13-14-25-18-39-43(3)22(25)2)31(24)35(46)44(30)28-11-6-5-7-12-28/h5-12,15-21,42H,1-4H3,(H2,36,38)(H,40,45)/t21-/m1/s1. The number of aryl methyl sites for hydroxylation is 1. The molecule has 14 heteroatoms. The minimum absolute atomic E-state index is 0.113. The van der Waals surface area contributed by atoms with Gasteiger partial charge in [-0.05, 0) is 49.6 Å². The molecule has 49 heavy (non-hydrogen) atoms. The second-order valence-electron chi connectivity index (χ2n) is 11.4. The molecule has 13 nitrogen and oxygen atoms in total. The van der Waals surface area contributed by atoms with E-state index in [1.54, 1.807) is 28.4 Å². The minimum Gasteiger partial charge on any atom is -0.382 e. The number of amides is 1. The molecular weight excluding hydrogens is 643 g/mol. The molecule has 6 rings (SSSR count). The highest BCUT2D eigenvalue weighted by atomic mass is 32.2. The number of nitrogens with one attached hydrogen (secondary N) is 2. The number of aromatic nitrogens is 6. The van der Waals surface area contributed by atoms with Gasteiger partial charge in [0.2, 0.25) is 10.0 Å². The summed E-state index contributed by atoms with van der Waals surface area (Å²) >= 11 is 0. The van der Waals surface area contributed by atoms with E-state index < -0.39 is 22.0 Å². The molecular formula is C35H31N9O4S. The third-order valence-corrected chi connectivity index (χ3v) is 8.41. The number of fused-ring (bicyclic) bond motifs is 1. The Balaban J connectivity index is 1.39. The first kappa shape index (κ1) is 32.6. The van der Waals surface area contributed by atoms with Crippen molar-refractivity contribution in [1.82, 2.24) is 34.6 Å². The number of rotatable bonds is 7. The summed E-state index contributed by atoms with van der Waals surface area (Å²) in [5.41, 5.74) is 9.87. The Morgan fingerprint density at radius 3 is 2.45 bits per heavy atom. The van der Waals surface area contributed by atoms with Gasteiger partial charge >= 0.3 is 0 Å². The van der Waals surface area contributed by atoms with E-state index in [1.807, 2.05) is 62.5 Å². The Bertz CT molecular complexity index is 2480. The first-order valence-electron chi connectivity index (χ1n) is 15.0. The number of hydrogen-bond donors (Lipinski definition) is 3. The molecule has 0 aliphatic heterocycles. The Labute approximate surface area is 281 Å². The lowest BCUT2D eigenvalue weighted by Gasteiger charge is -2.21. The summed E-state index contributed by atoms with van der Waals surface area (Å²) in [5, 5.41) is 8.26. The molecule has 4 N–H and O–H groups in total. The maximum Gasteiger partial charge on any atom is 0.274 e. The molecule has 0 unspecified atom stereocenters. The maximum atomic E-state index is 14.4. The van der Waals surface area contributed by atoms with Crippen molar-refractivity contribution in [2.24, 2.45) is 7.05 Å². The molecule has 0 aliphatic carbocycles. The molecule has 4 aromatic heterocycles. The van der Waals surface area contributed by atoms with Crippen LogP contribution in [-0.2, 0) is 17.1 Å². The topological polar surface area (TPSA) is 180 Å². The predicted octanol–water partition coefficient (Wildman–Crippen LogP) is 3.73. The molecule has 0 spiro atoms. The van der Waals surface area contributed by atoms with Gasteiger partial charge in [0.05, 0.1) is 58.9 Å². The van der Waals surface area contributed by atoms with Crippen molar-refractivity contribution < 1.29 is 13.2 Å². The molecule has 0 fully saturated rings. The van der Waals surface area contributed by atoms with E-state index in [4.69, 9.17) is 5.73 Å². The van der Waals surface area contributed by atoms with Crippen molar-refractivity contribution in [2.75, 3.05) is 16.7 Å². The van der Waals surface area contributed by atoms with Gasteiger partial charge in [0.25, 0.3) is 11.5 Å². The average molecular weight is 674 g/mol. The van der Waals surface area contributed by atoms with E-state index in [0.29, 0.717) is 33.3 Å². The fourth-order valence-electron chi connectivity index (χ4n) is 5.30. The van der Waals surface area contributed by atoms with E-state index >= 15 is 0 Å². The molecule has 246 valence electrons. The van der Waals surface area contributed by atoms with Gasteiger partial charge in [-0.3, -0.25) is 28.5 Å². The van der Waals surface area contributed by atoms with Crippen LogP contribution in [0.15, 0.2) is 90.2 Å². The molecule has 0 radical (unpaired) electrons. The summed E-state index contributed by atoms with van der Waals surface area (Å²) in [4.78, 5) is 40.7. The van der Waals surface area contributed by atoms with Gasteiger partial charge in [0, 0.05) is 35.8 Å². The summed E-state index contributed by atoms with van der Waals surface area (Å²) in [6, 6.07) is 17.3. The molecule has 0 saturated carbocycles. The van der Waals surface area contributed by atoms with Gasteiger partial charge in [-0.25, -0.2) is 18.4 Å². The molecule has 0 saturated heterocycles.